The zero-order valence-corrected chi connectivity index (χ0v) is 15.1. The van der Waals surface area contributed by atoms with E-state index in [9.17, 15) is 30.7 Å². The summed E-state index contributed by atoms with van der Waals surface area (Å²) in [6, 6.07) is 5.90. The number of benzene rings is 1. The summed E-state index contributed by atoms with van der Waals surface area (Å²) >= 11 is 0. The van der Waals surface area contributed by atoms with Crippen molar-refractivity contribution in [2.45, 2.75) is 25.4 Å². The lowest BCUT2D eigenvalue weighted by atomic mass is 10.1. The third-order valence-corrected chi connectivity index (χ3v) is 3.96. The van der Waals surface area contributed by atoms with Crippen molar-refractivity contribution < 1.29 is 35.5 Å². The molecule has 1 aromatic carbocycles. The molecule has 30 heavy (non-hydrogen) atoms. The fourth-order valence-corrected chi connectivity index (χ4v) is 2.36. The maximum atomic E-state index is 13.5. The van der Waals surface area contributed by atoms with Gasteiger partial charge in [-0.15, -0.1) is 0 Å². The number of aromatic nitrogens is 3. The zero-order valence-electron chi connectivity index (χ0n) is 15.1. The number of ether oxygens (including phenoxy) is 1. The molecule has 0 saturated heterocycles. The van der Waals surface area contributed by atoms with E-state index in [-0.39, 0.29) is 23.0 Å². The van der Waals surface area contributed by atoms with Gasteiger partial charge in [-0.2, -0.15) is 26.9 Å². The van der Waals surface area contributed by atoms with Gasteiger partial charge < -0.3 is 4.74 Å². The highest BCUT2D eigenvalue weighted by atomic mass is 19.4. The maximum absolute atomic E-state index is 13.5. The van der Waals surface area contributed by atoms with Crippen LogP contribution < -0.4 is 4.74 Å². The number of pyridine rings is 1. The largest absolute Gasteiger partial charge is 0.438 e. The fraction of sp³-hybridized carbons (Fsp3) is 0.211. The van der Waals surface area contributed by atoms with Crippen molar-refractivity contribution in [3.05, 3.63) is 65.6 Å². The topological polar surface area (TPSA) is 47.9 Å². The molecule has 0 fully saturated rings. The third kappa shape index (κ3) is 4.50. The Morgan fingerprint density at radius 2 is 1.60 bits per heavy atom. The van der Waals surface area contributed by atoms with E-state index in [0.29, 0.717) is 11.6 Å². The number of aryl methyl sites for hydroxylation is 1. The van der Waals surface area contributed by atoms with Gasteiger partial charge in [0.15, 0.2) is 5.82 Å². The van der Waals surface area contributed by atoms with Crippen LogP contribution in [0.4, 0.5) is 30.7 Å². The van der Waals surface area contributed by atoms with Crippen molar-refractivity contribution in [3.63, 3.8) is 0 Å². The van der Waals surface area contributed by atoms with Crippen molar-refractivity contribution in [2.75, 3.05) is 0 Å². The molecule has 2 aromatic heterocycles. The molecule has 0 aliphatic carbocycles. The summed E-state index contributed by atoms with van der Waals surface area (Å²) in [5.74, 6) is -4.75. The van der Waals surface area contributed by atoms with E-state index in [0.717, 1.165) is 18.3 Å². The van der Waals surface area contributed by atoms with Gasteiger partial charge in [0.05, 0.1) is 5.56 Å². The number of hydrogen-bond donors (Lipinski definition) is 0. The molecule has 0 spiro atoms. The first-order chi connectivity index (χ1) is 14.0. The summed E-state index contributed by atoms with van der Waals surface area (Å²) in [6.07, 6.45) is -6.24. The molecular weight excluding hydrogens is 419 g/mol. The van der Waals surface area contributed by atoms with E-state index < -0.39 is 29.8 Å². The summed E-state index contributed by atoms with van der Waals surface area (Å²) in [6.45, 7) is 1.54. The smallest absolute Gasteiger partial charge is 0.416 e. The van der Waals surface area contributed by atoms with Crippen LogP contribution in [0.15, 0.2) is 48.8 Å². The Hall–Kier alpha value is -3.24. The van der Waals surface area contributed by atoms with E-state index >= 15 is 0 Å². The molecule has 3 rings (SSSR count). The molecule has 158 valence electrons. The molecule has 0 N–H and O–H groups in total. The Balaban J connectivity index is 1.90. The highest BCUT2D eigenvalue weighted by molar-refractivity contribution is 5.56. The molecule has 0 bridgehead atoms. The first kappa shape index (κ1) is 21.5. The van der Waals surface area contributed by atoms with Crippen LogP contribution in [-0.2, 0) is 12.1 Å². The van der Waals surface area contributed by atoms with Gasteiger partial charge in [-0.25, -0.2) is 13.8 Å². The Bertz CT molecular complexity index is 1040. The second-order valence-electron chi connectivity index (χ2n) is 6.16. The van der Waals surface area contributed by atoms with Gasteiger partial charge in [0.1, 0.15) is 11.4 Å². The number of hydrogen-bond acceptors (Lipinski definition) is 4. The Morgan fingerprint density at radius 1 is 0.933 bits per heavy atom. The van der Waals surface area contributed by atoms with Crippen LogP contribution in [0.25, 0.3) is 11.4 Å². The lowest BCUT2D eigenvalue weighted by Crippen LogP contribution is -2.24. The fourth-order valence-electron chi connectivity index (χ4n) is 2.36. The molecule has 2 heterocycles. The number of alkyl halides is 7. The Morgan fingerprint density at radius 3 is 2.20 bits per heavy atom. The minimum Gasteiger partial charge on any atom is -0.438 e. The van der Waals surface area contributed by atoms with Crippen molar-refractivity contribution in [1.82, 2.24) is 15.0 Å². The summed E-state index contributed by atoms with van der Waals surface area (Å²) in [5, 5.41) is 0. The molecule has 0 atom stereocenters. The maximum Gasteiger partial charge on any atom is 0.416 e. The van der Waals surface area contributed by atoms with Crippen molar-refractivity contribution in [2.24, 2.45) is 0 Å². The molecule has 4 nitrogen and oxygen atoms in total. The Kier molecular flexibility index (Phi) is 5.64. The molecule has 3 aromatic rings. The summed E-state index contributed by atoms with van der Waals surface area (Å²) < 4.78 is 95.6. The van der Waals surface area contributed by atoms with E-state index in [4.69, 9.17) is 4.74 Å². The predicted molar refractivity (Wildman–Crippen MR) is 91.4 cm³/mol. The van der Waals surface area contributed by atoms with E-state index in [1.165, 1.54) is 24.4 Å². The van der Waals surface area contributed by atoms with Gasteiger partial charge in [0, 0.05) is 29.6 Å². The van der Waals surface area contributed by atoms with E-state index in [1.807, 2.05) is 0 Å². The predicted octanol–water partition coefficient (Wildman–Crippen LogP) is 6.02. The van der Waals surface area contributed by atoms with Crippen LogP contribution in [0, 0.1) is 6.92 Å². The van der Waals surface area contributed by atoms with Gasteiger partial charge in [0.25, 0.3) is 0 Å². The third-order valence-electron chi connectivity index (χ3n) is 3.96. The van der Waals surface area contributed by atoms with Gasteiger partial charge in [-0.3, -0.25) is 4.98 Å². The van der Waals surface area contributed by atoms with Crippen molar-refractivity contribution in [3.8, 4) is 23.0 Å². The minimum atomic E-state index is -4.50. The lowest BCUT2D eigenvalue weighted by molar-refractivity contribution is -0.138. The molecule has 0 saturated carbocycles. The highest BCUT2D eigenvalue weighted by Crippen LogP contribution is 2.36. The van der Waals surface area contributed by atoms with Gasteiger partial charge in [-0.1, -0.05) is 12.1 Å². The quantitative estimate of drug-likeness (QED) is 0.464. The van der Waals surface area contributed by atoms with E-state index in [2.05, 4.69) is 15.0 Å². The van der Waals surface area contributed by atoms with Gasteiger partial charge in [0.2, 0.25) is 5.88 Å². The van der Waals surface area contributed by atoms with Crippen molar-refractivity contribution in [1.29, 1.82) is 0 Å². The van der Waals surface area contributed by atoms with Crippen molar-refractivity contribution >= 4 is 0 Å². The van der Waals surface area contributed by atoms with Crippen LogP contribution in [0.1, 0.15) is 16.8 Å². The van der Waals surface area contributed by atoms with Gasteiger partial charge >= 0.3 is 18.5 Å². The van der Waals surface area contributed by atoms with Gasteiger partial charge in [-0.05, 0) is 25.1 Å². The molecule has 0 aliphatic heterocycles. The molecule has 0 amide bonds. The SMILES string of the molecule is Cc1cnc(-c2ccc(C(F)(F)F)cc2)nc1Oc1ccnc(C(F)(F)C(F)F)c1. The van der Waals surface area contributed by atoms with Crippen LogP contribution >= 0.6 is 0 Å². The second-order valence-corrected chi connectivity index (χ2v) is 6.16. The summed E-state index contributed by atoms with van der Waals surface area (Å²) in [4.78, 5) is 11.4. The van der Waals surface area contributed by atoms with Crippen LogP contribution in [0.3, 0.4) is 0 Å². The lowest BCUT2D eigenvalue weighted by Gasteiger charge is -2.15. The minimum absolute atomic E-state index is 0.0246. The molecule has 0 radical (unpaired) electrons. The second kappa shape index (κ2) is 7.88. The average molecular weight is 431 g/mol. The number of rotatable bonds is 5. The summed E-state index contributed by atoms with van der Waals surface area (Å²) in [7, 11) is 0. The standard InChI is InChI=1S/C19H12F7N3O/c1-10-9-28-15(11-2-4-12(5-3-11)19(24,25)26)29-16(10)30-13-6-7-27-14(8-13)18(22,23)17(20)21/h2-9,17H,1H3. The van der Waals surface area contributed by atoms with E-state index in [1.54, 1.807) is 6.92 Å². The normalized spacial score (nSPS) is 12.3. The summed E-state index contributed by atoms with van der Waals surface area (Å²) in [5.41, 5.74) is -1.39. The molecule has 0 unspecified atom stereocenters. The monoisotopic (exact) mass is 431 g/mol. The van der Waals surface area contributed by atoms with Crippen LogP contribution in [0.2, 0.25) is 0 Å². The molecular formula is C19H12F7N3O. The van der Waals surface area contributed by atoms with Crippen LogP contribution in [0.5, 0.6) is 11.6 Å². The first-order valence-corrected chi connectivity index (χ1v) is 8.30. The number of nitrogens with zero attached hydrogens (tertiary/aromatic N) is 3. The first-order valence-electron chi connectivity index (χ1n) is 8.30. The molecule has 11 heteroatoms. The molecule has 0 aliphatic rings. The zero-order chi connectivity index (χ0) is 22.1. The highest BCUT2D eigenvalue weighted by Gasteiger charge is 2.44. The van der Waals surface area contributed by atoms with Crippen LogP contribution in [-0.4, -0.2) is 21.4 Å². The Labute approximate surface area is 165 Å². The number of halogens is 7. The average Bonchev–Trinajstić information content (AvgIpc) is 2.69.